The predicted octanol–water partition coefficient (Wildman–Crippen LogP) is 3.67. The van der Waals surface area contributed by atoms with E-state index >= 15 is 0 Å². The van der Waals surface area contributed by atoms with Crippen molar-refractivity contribution in [1.29, 1.82) is 0 Å². The maximum atomic E-state index is 13.0. The van der Waals surface area contributed by atoms with Gasteiger partial charge in [0, 0.05) is 25.5 Å². The van der Waals surface area contributed by atoms with E-state index in [1.807, 2.05) is 48.5 Å². The third-order valence-corrected chi connectivity index (χ3v) is 5.62. The van der Waals surface area contributed by atoms with E-state index in [4.69, 9.17) is 0 Å². The molecule has 0 bridgehead atoms. The third kappa shape index (κ3) is 3.14. The lowest BCUT2D eigenvalue weighted by Crippen LogP contribution is -2.31. The van der Waals surface area contributed by atoms with Crippen LogP contribution in [-0.2, 0) is 5.54 Å². The standard InChI is InChI=1S/C19H21N5OS/c1-19(2,13-6-5-8-20-12-13)23-18-21-14-7-11-26-16(14)15(22-18)17(25)24-9-3-4-10-24/h5-8,11-12H,3-4,9-10H2,1-2H3,(H,21,22,23). The number of thiophene rings is 1. The van der Waals surface area contributed by atoms with Gasteiger partial charge in [-0.15, -0.1) is 11.3 Å². The van der Waals surface area contributed by atoms with Crippen molar-refractivity contribution in [1.82, 2.24) is 19.9 Å². The molecule has 0 aromatic carbocycles. The number of anilines is 1. The molecule has 0 atom stereocenters. The van der Waals surface area contributed by atoms with E-state index in [0.29, 0.717) is 11.6 Å². The van der Waals surface area contributed by atoms with Crippen LogP contribution in [0.1, 0.15) is 42.7 Å². The molecule has 4 rings (SSSR count). The Hall–Kier alpha value is -2.54. The maximum absolute atomic E-state index is 13.0. The van der Waals surface area contributed by atoms with E-state index in [1.165, 1.54) is 11.3 Å². The molecule has 1 aliphatic heterocycles. The average molecular weight is 367 g/mol. The smallest absolute Gasteiger partial charge is 0.274 e. The van der Waals surface area contributed by atoms with Crippen molar-refractivity contribution in [2.45, 2.75) is 32.2 Å². The number of likely N-dealkylation sites (tertiary alicyclic amines) is 1. The summed E-state index contributed by atoms with van der Waals surface area (Å²) in [5, 5.41) is 5.33. The van der Waals surface area contributed by atoms with Crippen LogP contribution in [0.15, 0.2) is 36.0 Å². The minimum atomic E-state index is -0.411. The van der Waals surface area contributed by atoms with Crippen LogP contribution < -0.4 is 5.32 Å². The fourth-order valence-electron chi connectivity index (χ4n) is 3.22. The highest BCUT2D eigenvalue weighted by atomic mass is 32.1. The molecule has 0 aliphatic carbocycles. The Kier molecular flexibility index (Phi) is 4.32. The van der Waals surface area contributed by atoms with Crippen LogP contribution >= 0.6 is 11.3 Å². The molecule has 4 heterocycles. The summed E-state index contributed by atoms with van der Waals surface area (Å²) in [6.45, 7) is 5.71. The molecule has 7 heteroatoms. The number of nitrogens with one attached hydrogen (secondary N) is 1. The monoisotopic (exact) mass is 367 g/mol. The molecule has 3 aromatic heterocycles. The van der Waals surface area contributed by atoms with Gasteiger partial charge in [-0.25, -0.2) is 9.97 Å². The number of amides is 1. The van der Waals surface area contributed by atoms with Crippen molar-refractivity contribution in [3.8, 4) is 0 Å². The van der Waals surface area contributed by atoms with E-state index in [2.05, 4.69) is 20.3 Å². The molecule has 1 fully saturated rings. The molecular formula is C19H21N5OS. The van der Waals surface area contributed by atoms with E-state index in [-0.39, 0.29) is 5.91 Å². The maximum Gasteiger partial charge on any atom is 0.274 e. The van der Waals surface area contributed by atoms with E-state index in [9.17, 15) is 4.79 Å². The Morgan fingerprint density at radius 3 is 2.77 bits per heavy atom. The minimum Gasteiger partial charge on any atom is -0.345 e. The number of hydrogen-bond donors (Lipinski definition) is 1. The Balaban J connectivity index is 1.71. The van der Waals surface area contributed by atoms with Gasteiger partial charge >= 0.3 is 0 Å². The number of aromatic nitrogens is 3. The van der Waals surface area contributed by atoms with Gasteiger partial charge in [0.25, 0.3) is 5.91 Å². The molecule has 6 nitrogen and oxygen atoms in total. The van der Waals surface area contributed by atoms with Gasteiger partial charge in [0.1, 0.15) is 0 Å². The number of pyridine rings is 1. The molecule has 26 heavy (non-hydrogen) atoms. The SMILES string of the molecule is CC(C)(Nc1nc(C(=O)N2CCCC2)c2sccc2n1)c1cccnc1. The summed E-state index contributed by atoms with van der Waals surface area (Å²) < 4.78 is 0.853. The van der Waals surface area contributed by atoms with E-state index in [0.717, 1.165) is 41.7 Å². The van der Waals surface area contributed by atoms with Crippen LogP contribution in [0.2, 0.25) is 0 Å². The summed E-state index contributed by atoms with van der Waals surface area (Å²) in [6, 6.07) is 5.86. The Labute approximate surface area is 156 Å². The fraction of sp³-hybridized carbons (Fsp3) is 0.368. The highest BCUT2D eigenvalue weighted by Crippen LogP contribution is 2.28. The number of rotatable bonds is 4. The second kappa shape index (κ2) is 6.64. The Bertz CT molecular complexity index is 932. The molecule has 1 amide bonds. The van der Waals surface area contributed by atoms with Gasteiger partial charge in [0.2, 0.25) is 5.95 Å². The first-order chi connectivity index (χ1) is 12.5. The van der Waals surface area contributed by atoms with Crippen molar-refractivity contribution in [3.05, 3.63) is 47.2 Å². The largest absolute Gasteiger partial charge is 0.345 e. The van der Waals surface area contributed by atoms with Crippen LogP contribution in [0.3, 0.4) is 0 Å². The van der Waals surface area contributed by atoms with Crippen LogP contribution in [0.4, 0.5) is 5.95 Å². The fourth-order valence-corrected chi connectivity index (χ4v) is 4.03. The molecule has 134 valence electrons. The second-order valence-electron chi connectivity index (χ2n) is 7.02. The summed E-state index contributed by atoms with van der Waals surface area (Å²) in [4.78, 5) is 28.2. The van der Waals surface area contributed by atoms with Crippen LogP contribution in [-0.4, -0.2) is 38.8 Å². The molecule has 0 radical (unpaired) electrons. The highest BCUT2D eigenvalue weighted by Gasteiger charge is 2.26. The van der Waals surface area contributed by atoms with Crippen LogP contribution in [0, 0.1) is 0 Å². The normalized spacial score (nSPS) is 14.8. The van der Waals surface area contributed by atoms with Crippen LogP contribution in [0.25, 0.3) is 10.2 Å². The zero-order valence-electron chi connectivity index (χ0n) is 14.9. The molecular weight excluding hydrogens is 346 g/mol. The number of carbonyl (C=O) groups excluding carboxylic acids is 1. The van der Waals surface area contributed by atoms with Crippen LogP contribution in [0.5, 0.6) is 0 Å². The first-order valence-electron chi connectivity index (χ1n) is 8.78. The van der Waals surface area contributed by atoms with Crippen molar-refractivity contribution in [3.63, 3.8) is 0 Å². The predicted molar refractivity (Wildman–Crippen MR) is 103 cm³/mol. The van der Waals surface area contributed by atoms with Gasteiger partial charge in [-0.1, -0.05) is 6.07 Å². The van der Waals surface area contributed by atoms with Crippen molar-refractivity contribution >= 4 is 33.4 Å². The number of carbonyl (C=O) groups is 1. The molecule has 0 unspecified atom stereocenters. The van der Waals surface area contributed by atoms with Crippen molar-refractivity contribution in [2.24, 2.45) is 0 Å². The molecule has 1 N–H and O–H groups in total. The Morgan fingerprint density at radius 2 is 2.04 bits per heavy atom. The first kappa shape index (κ1) is 16.9. The van der Waals surface area contributed by atoms with E-state index in [1.54, 1.807) is 6.20 Å². The van der Waals surface area contributed by atoms with Gasteiger partial charge in [-0.3, -0.25) is 9.78 Å². The molecule has 3 aromatic rings. The van der Waals surface area contributed by atoms with Gasteiger partial charge in [-0.2, -0.15) is 0 Å². The lowest BCUT2D eigenvalue weighted by molar-refractivity contribution is 0.0789. The molecule has 0 spiro atoms. The van der Waals surface area contributed by atoms with Gasteiger partial charge in [0.15, 0.2) is 5.69 Å². The van der Waals surface area contributed by atoms with Crippen molar-refractivity contribution < 1.29 is 4.79 Å². The second-order valence-corrected chi connectivity index (χ2v) is 7.94. The van der Waals surface area contributed by atoms with E-state index < -0.39 is 5.54 Å². The minimum absolute atomic E-state index is 0.000385. The average Bonchev–Trinajstić information content (AvgIpc) is 3.32. The first-order valence-corrected chi connectivity index (χ1v) is 9.66. The van der Waals surface area contributed by atoms with Crippen molar-refractivity contribution in [2.75, 3.05) is 18.4 Å². The number of nitrogens with zero attached hydrogens (tertiary/aromatic N) is 4. The summed E-state index contributed by atoms with van der Waals surface area (Å²) >= 11 is 1.51. The number of fused-ring (bicyclic) bond motifs is 1. The lowest BCUT2D eigenvalue weighted by Gasteiger charge is -2.26. The van der Waals surface area contributed by atoms with Gasteiger partial charge in [0.05, 0.1) is 15.8 Å². The zero-order valence-corrected chi connectivity index (χ0v) is 15.7. The number of hydrogen-bond acceptors (Lipinski definition) is 6. The lowest BCUT2D eigenvalue weighted by atomic mass is 9.96. The molecule has 1 saturated heterocycles. The molecule has 0 saturated carbocycles. The van der Waals surface area contributed by atoms with Gasteiger partial charge < -0.3 is 10.2 Å². The third-order valence-electron chi connectivity index (χ3n) is 4.71. The zero-order chi connectivity index (χ0) is 18.1. The summed E-state index contributed by atoms with van der Waals surface area (Å²) in [7, 11) is 0. The summed E-state index contributed by atoms with van der Waals surface area (Å²) in [5.74, 6) is 0.465. The quantitative estimate of drug-likeness (QED) is 0.762. The summed E-state index contributed by atoms with van der Waals surface area (Å²) in [6.07, 6.45) is 5.69. The van der Waals surface area contributed by atoms with Gasteiger partial charge in [-0.05, 0) is 49.8 Å². The Morgan fingerprint density at radius 1 is 1.23 bits per heavy atom. The summed E-state index contributed by atoms with van der Waals surface area (Å²) in [5.41, 5.74) is 1.92. The molecule has 1 aliphatic rings. The topological polar surface area (TPSA) is 71.0 Å². The highest BCUT2D eigenvalue weighted by molar-refractivity contribution is 7.17.